The summed E-state index contributed by atoms with van der Waals surface area (Å²) in [5.74, 6) is -5.95. The van der Waals surface area contributed by atoms with E-state index in [1.807, 2.05) is 24.3 Å². The van der Waals surface area contributed by atoms with Gasteiger partial charge in [-0.25, -0.2) is 22.2 Å². The number of nitrogens with zero attached hydrogens (tertiary/aromatic N) is 4. The SMILES string of the molecule is OC1(c2ccc(C34CC(C(F)(F)C(O)(Cn5cnnn5)c5ccc(F)cc5F)(C3)C4)cc2)CC1. The lowest BCUT2D eigenvalue weighted by Crippen LogP contribution is -2.76. The molecule has 34 heavy (non-hydrogen) atoms. The number of aliphatic hydroxyl groups is 2. The van der Waals surface area contributed by atoms with Crippen molar-refractivity contribution in [3.63, 3.8) is 0 Å². The fourth-order valence-corrected chi connectivity index (χ4v) is 6.07. The maximum atomic E-state index is 16.2. The summed E-state index contributed by atoms with van der Waals surface area (Å²) in [4.78, 5) is 0. The minimum Gasteiger partial charge on any atom is -0.385 e. The zero-order valence-electron chi connectivity index (χ0n) is 18.1. The van der Waals surface area contributed by atoms with Gasteiger partial charge in [-0.15, -0.1) is 5.10 Å². The normalized spacial score (nSPS) is 28.5. The van der Waals surface area contributed by atoms with Crippen LogP contribution in [0.5, 0.6) is 0 Å². The zero-order valence-corrected chi connectivity index (χ0v) is 18.1. The Labute approximate surface area is 192 Å². The lowest BCUT2D eigenvalue weighted by atomic mass is 9.30. The van der Waals surface area contributed by atoms with Crippen LogP contribution in [-0.4, -0.2) is 36.3 Å². The summed E-state index contributed by atoms with van der Waals surface area (Å²) in [7, 11) is 0. The first-order chi connectivity index (χ1) is 16.0. The van der Waals surface area contributed by atoms with Crippen molar-refractivity contribution < 1.29 is 27.8 Å². The quantitative estimate of drug-likeness (QED) is 0.512. The number of aromatic nitrogens is 4. The van der Waals surface area contributed by atoms with Gasteiger partial charge in [0.25, 0.3) is 5.92 Å². The van der Waals surface area contributed by atoms with Crippen LogP contribution in [0.1, 0.15) is 48.8 Å². The molecule has 1 heterocycles. The third-order valence-corrected chi connectivity index (χ3v) is 8.13. The van der Waals surface area contributed by atoms with Crippen molar-refractivity contribution in [3.05, 3.63) is 77.1 Å². The van der Waals surface area contributed by atoms with Crippen molar-refractivity contribution in [2.45, 2.75) is 61.2 Å². The average molecular weight is 474 g/mol. The standard InChI is InChI=1S/C24H22F4N4O2/c25-17-5-6-18(19(26)9-17)23(34,13-32-14-29-30-31-32)24(27,28)21-10-20(11-21,12-21)15-1-3-16(4-2-15)22(33)7-8-22/h1-6,9,14,33-34H,7-8,10-13H2. The summed E-state index contributed by atoms with van der Waals surface area (Å²) >= 11 is 0. The first-order valence-corrected chi connectivity index (χ1v) is 11.1. The van der Waals surface area contributed by atoms with E-state index >= 15 is 8.78 Å². The predicted octanol–water partition coefficient (Wildman–Crippen LogP) is 3.58. The Balaban J connectivity index is 1.31. The number of tetrazole rings is 1. The molecular weight excluding hydrogens is 452 g/mol. The maximum Gasteiger partial charge on any atom is 0.287 e. The molecule has 10 heteroatoms. The first-order valence-electron chi connectivity index (χ1n) is 11.1. The molecule has 2 bridgehead atoms. The van der Waals surface area contributed by atoms with Crippen LogP contribution in [-0.2, 0) is 23.2 Å². The second-order valence-corrected chi connectivity index (χ2v) is 10.3. The zero-order chi connectivity index (χ0) is 24.0. The van der Waals surface area contributed by atoms with E-state index in [-0.39, 0.29) is 19.3 Å². The molecule has 3 aromatic rings. The van der Waals surface area contributed by atoms with Gasteiger partial charge < -0.3 is 10.2 Å². The van der Waals surface area contributed by atoms with Gasteiger partial charge in [0.1, 0.15) is 18.0 Å². The lowest BCUT2D eigenvalue weighted by molar-refractivity contribution is -0.347. The third-order valence-electron chi connectivity index (χ3n) is 8.13. The fraction of sp³-hybridized carbons (Fsp3) is 0.458. The monoisotopic (exact) mass is 474 g/mol. The van der Waals surface area contributed by atoms with Crippen LogP contribution in [0.3, 0.4) is 0 Å². The Morgan fingerprint density at radius 2 is 1.62 bits per heavy atom. The summed E-state index contributed by atoms with van der Waals surface area (Å²) < 4.78 is 61.5. The van der Waals surface area contributed by atoms with Crippen LogP contribution in [0.4, 0.5) is 17.6 Å². The van der Waals surface area contributed by atoms with Gasteiger partial charge in [-0.2, -0.15) is 0 Å². The van der Waals surface area contributed by atoms with E-state index < -0.39 is 51.7 Å². The van der Waals surface area contributed by atoms with Crippen LogP contribution in [0.2, 0.25) is 0 Å². The van der Waals surface area contributed by atoms with Crippen molar-refractivity contribution in [2.24, 2.45) is 5.41 Å². The molecule has 2 N–H and O–H groups in total. The molecule has 1 unspecified atom stereocenters. The van der Waals surface area contributed by atoms with Gasteiger partial charge in [-0.3, -0.25) is 0 Å². The number of rotatable bonds is 7. The van der Waals surface area contributed by atoms with Crippen molar-refractivity contribution in [1.29, 1.82) is 0 Å². The highest BCUT2D eigenvalue weighted by Gasteiger charge is 2.82. The van der Waals surface area contributed by atoms with Crippen molar-refractivity contribution in [2.75, 3.05) is 0 Å². The highest BCUT2D eigenvalue weighted by Crippen LogP contribution is 2.80. The smallest absolute Gasteiger partial charge is 0.287 e. The highest BCUT2D eigenvalue weighted by molar-refractivity contribution is 5.44. The van der Waals surface area contributed by atoms with E-state index in [0.29, 0.717) is 18.9 Å². The van der Waals surface area contributed by atoms with Crippen molar-refractivity contribution >= 4 is 0 Å². The molecule has 0 radical (unpaired) electrons. The number of halogens is 4. The second-order valence-electron chi connectivity index (χ2n) is 10.3. The minimum absolute atomic E-state index is 0.122. The second kappa shape index (κ2) is 6.63. The number of hydrogen-bond acceptors (Lipinski definition) is 5. The molecule has 7 rings (SSSR count). The molecule has 178 valence electrons. The van der Waals surface area contributed by atoms with Crippen LogP contribution in [0.25, 0.3) is 0 Å². The van der Waals surface area contributed by atoms with Crippen LogP contribution in [0, 0.1) is 17.0 Å². The summed E-state index contributed by atoms with van der Waals surface area (Å²) in [6.07, 6.45) is 2.85. The molecule has 0 saturated heterocycles. The van der Waals surface area contributed by atoms with Gasteiger partial charge in [-0.05, 0) is 71.2 Å². The summed E-state index contributed by atoms with van der Waals surface area (Å²) in [5, 5.41) is 32.1. The van der Waals surface area contributed by atoms with Gasteiger partial charge in [0.05, 0.1) is 12.1 Å². The van der Waals surface area contributed by atoms with Gasteiger partial charge in [0.2, 0.25) is 0 Å². The topological polar surface area (TPSA) is 84.1 Å². The van der Waals surface area contributed by atoms with Crippen LogP contribution in [0.15, 0.2) is 48.8 Å². The third kappa shape index (κ3) is 2.78. The molecule has 6 nitrogen and oxygen atoms in total. The van der Waals surface area contributed by atoms with Crippen LogP contribution >= 0.6 is 0 Å². The van der Waals surface area contributed by atoms with E-state index in [4.69, 9.17) is 0 Å². The molecule has 2 aromatic carbocycles. The van der Waals surface area contributed by atoms with Gasteiger partial charge in [-0.1, -0.05) is 24.3 Å². The Morgan fingerprint density at radius 1 is 0.971 bits per heavy atom. The Hall–Kier alpha value is -2.85. The predicted molar refractivity (Wildman–Crippen MR) is 111 cm³/mol. The summed E-state index contributed by atoms with van der Waals surface area (Å²) in [6, 6.07) is 9.61. The number of benzene rings is 2. The molecule has 0 aliphatic heterocycles. The van der Waals surface area contributed by atoms with E-state index in [1.165, 1.54) is 0 Å². The van der Waals surface area contributed by atoms with E-state index in [1.54, 1.807) is 0 Å². The minimum atomic E-state index is -3.75. The average Bonchev–Trinajstić information content (AvgIpc) is 3.26. The van der Waals surface area contributed by atoms with E-state index in [0.717, 1.165) is 34.3 Å². The molecular formula is C24H22F4N4O2. The number of alkyl halides is 2. The summed E-state index contributed by atoms with van der Waals surface area (Å²) in [6.45, 7) is -0.794. The fourth-order valence-electron chi connectivity index (χ4n) is 6.07. The molecule has 0 amide bonds. The van der Waals surface area contributed by atoms with E-state index in [9.17, 15) is 19.0 Å². The molecule has 4 aliphatic rings. The van der Waals surface area contributed by atoms with Crippen LogP contribution < -0.4 is 0 Å². The highest BCUT2D eigenvalue weighted by atomic mass is 19.3. The Morgan fingerprint density at radius 3 is 2.18 bits per heavy atom. The van der Waals surface area contributed by atoms with Crippen molar-refractivity contribution in [1.82, 2.24) is 20.2 Å². The summed E-state index contributed by atoms with van der Waals surface area (Å²) in [5.41, 5.74) is -4.70. The molecule has 4 saturated carbocycles. The first kappa shape index (κ1) is 21.7. The lowest BCUT2D eigenvalue weighted by Gasteiger charge is -2.74. The molecule has 1 atom stereocenters. The molecule has 1 aromatic heterocycles. The Kier molecular flexibility index (Phi) is 4.23. The van der Waals surface area contributed by atoms with Gasteiger partial charge >= 0.3 is 0 Å². The molecule has 4 aliphatic carbocycles. The van der Waals surface area contributed by atoms with Gasteiger partial charge in [0.15, 0.2) is 5.60 Å². The van der Waals surface area contributed by atoms with Gasteiger partial charge in [0, 0.05) is 17.0 Å². The molecule has 0 spiro atoms. The largest absolute Gasteiger partial charge is 0.385 e. The maximum absolute atomic E-state index is 16.2. The van der Waals surface area contributed by atoms with Crippen molar-refractivity contribution in [3.8, 4) is 0 Å². The van der Waals surface area contributed by atoms with E-state index in [2.05, 4.69) is 15.5 Å². The Bertz CT molecular complexity index is 1240. The molecule has 4 fully saturated rings. The number of hydrogen-bond donors (Lipinski definition) is 2.